The predicted octanol–water partition coefficient (Wildman–Crippen LogP) is 2.33. The summed E-state index contributed by atoms with van der Waals surface area (Å²) in [6, 6.07) is 1.82. The van der Waals surface area contributed by atoms with E-state index in [1.54, 1.807) is 13.8 Å². The molecule has 3 heteroatoms. The Balaban J connectivity index is 2.60. The average molecular weight is 193 g/mol. The lowest BCUT2D eigenvalue weighted by Gasteiger charge is -2.20. The first kappa shape index (κ1) is 9.19. The highest BCUT2D eigenvalue weighted by molar-refractivity contribution is 5.94. The van der Waals surface area contributed by atoms with E-state index in [4.69, 9.17) is 0 Å². The molecule has 1 aliphatic heterocycles. The van der Waals surface area contributed by atoms with Crippen LogP contribution in [0.1, 0.15) is 23.1 Å². The van der Waals surface area contributed by atoms with Gasteiger partial charge in [0.15, 0.2) is 0 Å². The highest BCUT2D eigenvalue weighted by atomic mass is 19.1. The van der Waals surface area contributed by atoms with Crippen LogP contribution >= 0.6 is 0 Å². The standard InChI is InChI=1S/C11H12FNO/c1-6-5-8-3-4-9(14)13-11(8)7(2)10(6)12/h5H,3-4H2,1-2H3,(H,13,14). The number of benzene rings is 1. The number of fused-ring (bicyclic) bond motifs is 1. The Morgan fingerprint density at radius 2 is 2.07 bits per heavy atom. The molecule has 0 saturated heterocycles. The van der Waals surface area contributed by atoms with Crippen LogP contribution in [0, 0.1) is 19.7 Å². The lowest BCUT2D eigenvalue weighted by molar-refractivity contribution is -0.116. The Morgan fingerprint density at radius 1 is 1.36 bits per heavy atom. The highest BCUT2D eigenvalue weighted by Gasteiger charge is 2.19. The molecule has 0 bridgehead atoms. The van der Waals surface area contributed by atoms with Crippen molar-refractivity contribution in [1.82, 2.24) is 0 Å². The Labute approximate surface area is 82.1 Å². The number of hydrogen-bond acceptors (Lipinski definition) is 1. The summed E-state index contributed by atoms with van der Waals surface area (Å²) >= 11 is 0. The van der Waals surface area contributed by atoms with Crippen molar-refractivity contribution in [3.05, 3.63) is 28.6 Å². The van der Waals surface area contributed by atoms with Gasteiger partial charge in [-0.3, -0.25) is 4.79 Å². The van der Waals surface area contributed by atoms with Crippen LogP contribution in [0.15, 0.2) is 6.07 Å². The molecule has 74 valence electrons. The van der Waals surface area contributed by atoms with E-state index in [-0.39, 0.29) is 11.7 Å². The molecule has 1 aromatic carbocycles. The number of hydrogen-bond donors (Lipinski definition) is 1. The lowest BCUT2D eigenvalue weighted by Crippen LogP contribution is -2.20. The Morgan fingerprint density at radius 3 is 2.79 bits per heavy atom. The van der Waals surface area contributed by atoms with E-state index < -0.39 is 0 Å². The normalized spacial score (nSPS) is 14.9. The molecule has 1 heterocycles. The zero-order chi connectivity index (χ0) is 10.3. The maximum atomic E-state index is 13.5. The molecular weight excluding hydrogens is 181 g/mol. The molecule has 14 heavy (non-hydrogen) atoms. The first-order valence-electron chi connectivity index (χ1n) is 4.68. The smallest absolute Gasteiger partial charge is 0.224 e. The fourth-order valence-electron chi connectivity index (χ4n) is 1.86. The highest BCUT2D eigenvalue weighted by Crippen LogP contribution is 2.29. The molecule has 0 saturated carbocycles. The number of anilines is 1. The molecule has 1 amide bonds. The monoisotopic (exact) mass is 193 g/mol. The lowest BCUT2D eigenvalue weighted by atomic mass is 9.96. The van der Waals surface area contributed by atoms with Crippen molar-refractivity contribution in [2.75, 3.05) is 5.32 Å². The van der Waals surface area contributed by atoms with Crippen molar-refractivity contribution in [1.29, 1.82) is 0 Å². The van der Waals surface area contributed by atoms with Crippen LogP contribution in [0.4, 0.5) is 10.1 Å². The summed E-state index contributed by atoms with van der Waals surface area (Å²) in [6.07, 6.45) is 1.21. The van der Waals surface area contributed by atoms with Crippen LogP contribution < -0.4 is 5.32 Å². The minimum absolute atomic E-state index is 0.0242. The second kappa shape index (κ2) is 3.08. The van der Waals surface area contributed by atoms with Gasteiger partial charge in [-0.15, -0.1) is 0 Å². The van der Waals surface area contributed by atoms with Gasteiger partial charge >= 0.3 is 0 Å². The molecule has 2 rings (SSSR count). The number of aryl methyl sites for hydroxylation is 2. The van der Waals surface area contributed by atoms with Crippen molar-refractivity contribution in [2.24, 2.45) is 0 Å². The quantitative estimate of drug-likeness (QED) is 0.673. The fraction of sp³-hybridized carbons (Fsp3) is 0.364. The van der Waals surface area contributed by atoms with Gasteiger partial charge in [-0.25, -0.2) is 4.39 Å². The summed E-state index contributed by atoms with van der Waals surface area (Å²) in [5.41, 5.74) is 2.91. The summed E-state index contributed by atoms with van der Waals surface area (Å²) in [5.74, 6) is -0.241. The van der Waals surface area contributed by atoms with Crippen LogP contribution in [0.5, 0.6) is 0 Å². The maximum absolute atomic E-state index is 13.5. The third-order valence-electron chi connectivity index (χ3n) is 2.65. The maximum Gasteiger partial charge on any atom is 0.224 e. The van der Waals surface area contributed by atoms with Gasteiger partial charge in [0.25, 0.3) is 0 Å². The van der Waals surface area contributed by atoms with Crippen molar-refractivity contribution < 1.29 is 9.18 Å². The first-order chi connectivity index (χ1) is 6.59. The number of carbonyl (C=O) groups is 1. The molecular formula is C11H12FNO. The van der Waals surface area contributed by atoms with Crippen LogP contribution in [-0.2, 0) is 11.2 Å². The summed E-state index contributed by atoms with van der Waals surface area (Å²) in [4.78, 5) is 11.1. The van der Waals surface area contributed by atoms with Crippen LogP contribution in [0.25, 0.3) is 0 Å². The topological polar surface area (TPSA) is 29.1 Å². The zero-order valence-corrected chi connectivity index (χ0v) is 8.28. The van der Waals surface area contributed by atoms with Crippen LogP contribution in [0.3, 0.4) is 0 Å². The summed E-state index contributed by atoms with van der Waals surface area (Å²) in [6.45, 7) is 3.45. The molecule has 0 fully saturated rings. The van der Waals surface area contributed by atoms with Gasteiger partial charge in [-0.1, -0.05) is 6.07 Å². The van der Waals surface area contributed by atoms with Crippen molar-refractivity contribution >= 4 is 11.6 Å². The van der Waals surface area contributed by atoms with Gasteiger partial charge in [-0.05, 0) is 31.4 Å². The molecule has 0 aliphatic carbocycles. The summed E-state index contributed by atoms with van der Waals surface area (Å²) in [7, 11) is 0. The minimum Gasteiger partial charge on any atom is -0.325 e. The molecule has 1 aliphatic rings. The fourth-order valence-corrected chi connectivity index (χ4v) is 1.86. The van der Waals surface area contributed by atoms with E-state index in [0.29, 0.717) is 29.7 Å². The molecule has 0 aromatic heterocycles. The minimum atomic E-state index is -0.217. The molecule has 1 N–H and O–H groups in total. The zero-order valence-electron chi connectivity index (χ0n) is 8.28. The van der Waals surface area contributed by atoms with Gasteiger partial charge in [0.1, 0.15) is 5.82 Å². The first-order valence-corrected chi connectivity index (χ1v) is 4.68. The molecule has 1 aromatic rings. The molecule has 0 atom stereocenters. The third-order valence-corrected chi connectivity index (χ3v) is 2.65. The molecule has 0 unspecified atom stereocenters. The van der Waals surface area contributed by atoms with Gasteiger partial charge < -0.3 is 5.32 Å². The number of amides is 1. The van der Waals surface area contributed by atoms with Crippen LogP contribution in [-0.4, -0.2) is 5.91 Å². The van der Waals surface area contributed by atoms with Gasteiger partial charge in [-0.2, -0.15) is 0 Å². The molecule has 0 spiro atoms. The molecule has 0 radical (unpaired) electrons. The van der Waals surface area contributed by atoms with Gasteiger partial charge in [0, 0.05) is 17.7 Å². The predicted molar refractivity (Wildman–Crippen MR) is 52.8 cm³/mol. The van der Waals surface area contributed by atoms with Crippen molar-refractivity contribution in [3.63, 3.8) is 0 Å². The van der Waals surface area contributed by atoms with E-state index in [1.165, 1.54) is 0 Å². The largest absolute Gasteiger partial charge is 0.325 e. The van der Waals surface area contributed by atoms with Gasteiger partial charge in [0.2, 0.25) is 5.91 Å². The third kappa shape index (κ3) is 1.29. The van der Waals surface area contributed by atoms with E-state index in [2.05, 4.69) is 5.32 Å². The Bertz CT molecular complexity index is 412. The van der Waals surface area contributed by atoms with Crippen LogP contribution in [0.2, 0.25) is 0 Å². The average Bonchev–Trinajstić information content (AvgIpc) is 2.16. The summed E-state index contributed by atoms with van der Waals surface area (Å²) < 4.78 is 13.5. The number of carbonyl (C=O) groups excluding carboxylic acids is 1. The number of halogens is 1. The molecule has 2 nitrogen and oxygen atoms in total. The Hall–Kier alpha value is -1.38. The number of nitrogens with one attached hydrogen (secondary N) is 1. The van der Waals surface area contributed by atoms with E-state index in [9.17, 15) is 9.18 Å². The van der Waals surface area contributed by atoms with Crippen molar-refractivity contribution in [3.8, 4) is 0 Å². The van der Waals surface area contributed by atoms with E-state index in [0.717, 1.165) is 5.56 Å². The van der Waals surface area contributed by atoms with Gasteiger partial charge in [0.05, 0.1) is 0 Å². The number of rotatable bonds is 0. The van der Waals surface area contributed by atoms with Crippen molar-refractivity contribution in [2.45, 2.75) is 26.7 Å². The summed E-state index contributed by atoms with van der Waals surface area (Å²) in [5, 5.41) is 2.72. The van der Waals surface area contributed by atoms with E-state index >= 15 is 0 Å². The Kier molecular flexibility index (Phi) is 2.02. The van der Waals surface area contributed by atoms with E-state index in [1.807, 2.05) is 6.07 Å². The SMILES string of the molecule is Cc1cc2c(c(C)c1F)NC(=O)CC2. The second-order valence-corrected chi connectivity index (χ2v) is 3.71. The second-order valence-electron chi connectivity index (χ2n) is 3.71.